The lowest BCUT2D eigenvalue weighted by atomic mass is 10.1. The Kier molecular flexibility index (Phi) is 5.38. The largest absolute Gasteiger partial charge is 0.455 e. The maximum absolute atomic E-state index is 12.1. The molecule has 0 bridgehead atoms. The Balaban J connectivity index is 2.02. The van der Waals surface area contributed by atoms with Crippen molar-refractivity contribution in [2.24, 2.45) is 0 Å². The van der Waals surface area contributed by atoms with Crippen LogP contribution in [0, 0.1) is 6.92 Å². The van der Waals surface area contributed by atoms with E-state index in [0.29, 0.717) is 17.7 Å². The third kappa shape index (κ3) is 4.63. The fourth-order valence-electron chi connectivity index (χ4n) is 1.91. The van der Waals surface area contributed by atoms with Crippen molar-refractivity contribution in [1.29, 1.82) is 0 Å². The van der Waals surface area contributed by atoms with E-state index in [4.69, 9.17) is 9.47 Å². The molecule has 0 aromatic heterocycles. The molecule has 0 N–H and O–H groups in total. The SMILES string of the molecule is CCCC(OC(=O)c1ccc(C)cc1)Oc1ccccc1. The summed E-state index contributed by atoms with van der Waals surface area (Å²) >= 11 is 0. The van der Waals surface area contributed by atoms with Gasteiger partial charge in [0.2, 0.25) is 6.29 Å². The van der Waals surface area contributed by atoms with Crippen molar-refractivity contribution in [3.63, 3.8) is 0 Å². The van der Waals surface area contributed by atoms with E-state index in [9.17, 15) is 4.79 Å². The van der Waals surface area contributed by atoms with E-state index in [1.165, 1.54) is 0 Å². The lowest BCUT2D eigenvalue weighted by Crippen LogP contribution is -2.24. The minimum Gasteiger partial charge on any atom is -0.455 e. The van der Waals surface area contributed by atoms with Crippen LogP contribution in [0.5, 0.6) is 5.75 Å². The van der Waals surface area contributed by atoms with Crippen molar-refractivity contribution in [3.8, 4) is 5.75 Å². The smallest absolute Gasteiger partial charge is 0.341 e. The molecule has 0 aliphatic carbocycles. The van der Waals surface area contributed by atoms with Gasteiger partial charge in [0.1, 0.15) is 5.75 Å². The predicted molar refractivity (Wildman–Crippen MR) is 82.4 cm³/mol. The summed E-state index contributed by atoms with van der Waals surface area (Å²) < 4.78 is 11.2. The Morgan fingerprint density at radius 2 is 1.71 bits per heavy atom. The fourth-order valence-corrected chi connectivity index (χ4v) is 1.91. The van der Waals surface area contributed by atoms with Crippen molar-refractivity contribution in [2.75, 3.05) is 0 Å². The van der Waals surface area contributed by atoms with Gasteiger partial charge < -0.3 is 9.47 Å². The molecule has 0 radical (unpaired) electrons. The van der Waals surface area contributed by atoms with Crippen LogP contribution in [0.1, 0.15) is 35.7 Å². The average molecular weight is 284 g/mol. The lowest BCUT2D eigenvalue weighted by Gasteiger charge is -2.19. The second kappa shape index (κ2) is 7.48. The second-order valence-electron chi connectivity index (χ2n) is 4.92. The van der Waals surface area contributed by atoms with Gasteiger partial charge in [-0.05, 0) is 37.6 Å². The standard InChI is InChI=1S/C18H20O3/c1-3-7-17(20-16-8-5-4-6-9-16)21-18(19)15-12-10-14(2)11-13-15/h4-6,8-13,17H,3,7H2,1-2H3. The summed E-state index contributed by atoms with van der Waals surface area (Å²) in [5.74, 6) is 0.344. The van der Waals surface area contributed by atoms with Gasteiger partial charge in [-0.1, -0.05) is 42.8 Å². The molecule has 110 valence electrons. The third-order valence-electron chi connectivity index (χ3n) is 3.06. The van der Waals surface area contributed by atoms with Crippen LogP contribution >= 0.6 is 0 Å². The number of carbonyl (C=O) groups excluding carboxylic acids is 1. The number of para-hydroxylation sites is 1. The number of hydrogen-bond acceptors (Lipinski definition) is 3. The zero-order valence-electron chi connectivity index (χ0n) is 12.4. The summed E-state index contributed by atoms with van der Waals surface area (Å²) in [5, 5.41) is 0. The molecular formula is C18H20O3. The first-order valence-corrected chi connectivity index (χ1v) is 7.18. The third-order valence-corrected chi connectivity index (χ3v) is 3.06. The molecule has 2 rings (SSSR count). The Morgan fingerprint density at radius 1 is 1.05 bits per heavy atom. The topological polar surface area (TPSA) is 35.5 Å². The highest BCUT2D eigenvalue weighted by Gasteiger charge is 2.16. The molecular weight excluding hydrogens is 264 g/mol. The molecule has 0 fully saturated rings. The predicted octanol–water partition coefficient (Wildman–Crippen LogP) is 4.36. The van der Waals surface area contributed by atoms with Gasteiger partial charge in [0, 0.05) is 6.42 Å². The number of rotatable bonds is 6. The van der Waals surface area contributed by atoms with Crippen LogP contribution in [-0.4, -0.2) is 12.3 Å². The van der Waals surface area contributed by atoms with Gasteiger partial charge in [0.25, 0.3) is 0 Å². The zero-order valence-corrected chi connectivity index (χ0v) is 12.4. The van der Waals surface area contributed by atoms with Crippen LogP contribution in [0.4, 0.5) is 0 Å². The highest BCUT2D eigenvalue weighted by molar-refractivity contribution is 5.89. The molecule has 0 spiro atoms. The maximum atomic E-state index is 12.1. The quantitative estimate of drug-likeness (QED) is 0.584. The summed E-state index contributed by atoms with van der Waals surface area (Å²) in [6.07, 6.45) is 0.969. The lowest BCUT2D eigenvalue weighted by molar-refractivity contribution is -0.0524. The van der Waals surface area contributed by atoms with Crippen LogP contribution in [-0.2, 0) is 4.74 Å². The van der Waals surface area contributed by atoms with Crippen LogP contribution < -0.4 is 4.74 Å². The molecule has 2 aromatic carbocycles. The van der Waals surface area contributed by atoms with E-state index < -0.39 is 6.29 Å². The normalized spacial score (nSPS) is 11.7. The highest BCUT2D eigenvalue weighted by atomic mass is 16.7. The minimum atomic E-state index is -0.564. The van der Waals surface area contributed by atoms with Crippen LogP contribution in [0.3, 0.4) is 0 Å². The summed E-state index contributed by atoms with van der Waals surface area (Å²) in [6.45, 7) is 4.01. The van der Waals surface area contributed by atoms with E-state index in [2.05, 4.69) is 0 Å². The van der Waals surface area contributed by atoms with Crippen molar-refractivity contribution in [1.82, 2.24) is 0 Å². The summed E-state index contributed by atoms with van der Waals surface area (Å²) in [6, 6.07) is 16.7. The summed E-state index contributed by atoms with van der Waals surface area (Å²) in [7, 11) is 0. The second-order valence-corrected chi connectivity index (χ2v) is 4.92. The van der Waals surface area contributed by atoms with E-state index in [0.717, 1.165) is 12.0 Å². The molecule has 3 heteroatoms. The molecule has 1 unspecified atom stereocenters. The van der Waals surface area contributed by atoms with Crippen LogP contribution in [0.15, 0.2) is 54.6 Å². The molecule has 0 saturated carbocycles. The summed E-state index contributed by atoms with van der Waals surface area (Å²) in [4.78, 5) is 12.1. The van der Waals surface area contributed by atoms with E-state index in [-0.39, 0.29) is 5.97 Å². The molecule has 1 atom stereocenters. The number of carbonyl (C=O) groups is 1. The average Bonchev–Trinajstić information content (AvgIpc) is 2.49. The number of hydrogen-bond donors (Lipinski definition) is 0. The molecule has 2 aromatic rings. The van der Waals surface area contributed by atoms with E-state index >= 15 is 0 Å². The van der Waals surface area contributed by atoms with E-state index in [1.54, 1.807) is 12.1 Å². The van der Waals surface area contributed by atoms with E-state index in [1.807, 2.05) is 56.3 Å². The van der Waals surface area contributed by atoms with Crippen molar-refractivity contribution >= 4 is 5.97 Å². The Hall–Kier alpha value is -2.29. The number of esters is 1. The fraction of sp³-hybridized carbons (Fsp3) is 0.278. The Labute approximate surface area is 125 Å². The molecule has 3 nitrogen and oxygen atoms in total. The molecule has 21 heavy (non-hydrogen) atoms. The van der Waals surface area contributed by atoms with Crippen LogP contribution in [0.2, 0.25) is 0 Å². The van der Waals surface area contributed by atoms with Gasteiger partial charge in [-0.2, -0.15) is 0 Å². The minimum absolute atomic E-state index is 0.357. The highest BCUT2D eigenvalue weighted by Crippen LogP contribution is 2.16. The van der Waals surface area contributed by atoms with Gasteiger partial charge in [-0.25, -0.2) is 4.79 Å². The molecule has 0 amide bonds. The van der Waals surface area contributed by atoms with Gasteiger partial charge in [-0.15, -0.1) is 0 Å². The Bertz CT molecular complexity index is 561. The van der Waals surface area contributed by atoms with Gasteiger partial charge in [-0.3, -0.25) is 0 Å². The first-order chi connectivity index (χ1) is 10.2. The number of benzene rings is 2. The first kappa shape index (κ1) is 15.1. The van der Waals surface area contributed by atoms with Gasteiger partial charge in [0.05, 0.1) is 5.56 Å². The summed E-state index contributed by atoms with van der Waals surface area (Å²) in [5.41, 5.74) is 1.65. The first-order valence-electron chi connectivity index (χ1n) is 7.18. The molecule has 0 heterocycles. The van der Waals surface area contributed by atoms with Crippen molar-refractivity contribution in [3.05, 3.63) is 65.7 Å². The van der Waals surface area contributed by atoms with Gasteiger partial charge >= 0.3 is 5.97 Å². The zero-order chi connectivity index (χ0) is 15.1. The van der Waals surface area contributed by atoms with Crippen molar-refractivity contribution < 1.29 is 14.3 Å². The molecule has 0 aliphatic rings. The van der Waals surface area contributed by atoms with Crippen LogP contribution in [0.25, 0.3) is 0 Å². The van der Waals surface area contributed by atoms with Crippen molar-refractivity contribution in [2.45, 2.75) is 33.0 Å². The molecule has 0 aliphatic heterocycles. The number of aryl methyl sites for hydroxylation is 1. The maximum Gasteiger partial charge on any atom is 0.341 e. The number of ether oxygens (including phenoxy) is 2. The molecule has 0 saturated heterocycles. The Morgan fingerprint density at radius 3 is 2.33 bits per heavy atom. The van der Waals surface area contributed by atoms with Gasteiger partial charge in [0.15, 0.2) is 0 Å². The monoisotopic (exact) mass is 284 g/mol.